The van der Waals surface area contributed by atoms with Crippen LogP contribution in [0.5, 0.6) is 0 Å². The van der Waals surface area contributed by atoms with Crippen LogP contribution in [0.4, 0.5) is 0 Å². The first kappa shape index (κ1) is 15.9. The molecule has 0 aliphatic heterocycles. The number of aromatic nitrogens is 1. The van der Waals surface area contributed by atoms with Crippen LogP contribution in [0.25, 0.3) is 10.9 Å². The van der Waals surface area contributed by atoms with E-state index in [0.29, 0.717) is 18.4 Å². The molecule has 0 bridgehead atoms. The number of aliphatic hydroxyl groups is 1. The number of aryl methyl sites for hydroxylation is 1. The minimum Gasteiger partial charge on any atom is -0.396 e. The van der Waals surface area contributed by atoms with E-state index in [1.54, 1.807) is 18.3 Å². The normalized spacial score (nSPS) is 13.5. The van der Waals surface area contributed by atoms with E-state index in [1.165, 1.54) is 0 Å². The Bertz CT molecular complexity index is 729. The first-order valence-corrected chi connectivity index (χ1v) is 8.45. The number of nitrogens with one attached hydrogen (secondary N) is 1. The summed E-state index contributed by atoms with van der Waals surface area (Å²) in [4.78, 5) is 4.43. The second-order valence-electron chi connectivity index (χ2n) is 5.08. The molecule has 0 radical (unpaired) electrons. The lowest BCUT2D eigenvalue weighted by atomic mass is 10.2. The number of nitrogens with zero attached hydrogens (tertiary/aromatic N) is 1. The van der Waals surface area contributed by atoms with Gasteiger partial charge in [0.25, 0.3) is 0 Å². The number of rotatable bonds is 6. The second-order valence-corrected chi connectivity index (χ2v) is 6.76. The number of aliphatic hydroxyl groups excluding tert-OH is 1. The summed E-state index contributed by atoms with van der Waals surface area (Å²) in [7, 11) is -3.66. The van der Waals surface area contributed by atoms with Gasteiger partial charge < -0.3 is 5.11 Å². The van der Waals surface area contributed by atoms with Crippen molar-refractivity contribution in [2.24, 2.45) is 0 Å². The Labute approximate surface area is 125 Å². The third kappa shape index (κ3) is 3.58. The van der Waals surface area contributed by atoms with Crippen molar-refractivity contribution in [1.29, 1.82) is 0 Å². The van der Waals surface area contributed by atoms with E-state index < -0.39 is 10.0 Å². The molecule has 2 aromatic rings. The fraction of sp³-hybridized carbons (Fsp3) is 0.400. The minimum absolute atomic E-state index is 0.0476. The predicted molar refractivity (Wildman–Crippen MR) is 82.6 cm³/mol. The lowest BCUT2D eigenvalue weighted by Crippen LogP contribution is -2.35. The molecule has 0 amide bonds. The molecular formula is C15H20N2O3S. The molecule has 1 aromatic heterocycles. The van der Waals surface area contributed by atoms with E-state index >= 15 is 0 Å². The molecule has 0 aliphatic carbocycles. The van der Waals surface area contributed by atoms with Gasteiger partial charge in [0.05, 0.1) is 5.52 Å². The SMILES string of the molecule is CCC(CCO)NS(=O)(=O)c1cccc2cc(C)cnc12. The minimum atomic E-state index is -3.66. The van der Waals surface area contributed by atoms with Crippen LogP contribution in [0.1, 0.15) is 25.3 Å². The Morgan fingerprint density at radius 3 is 2.81 bits per heavy atom. The second kappa shape index (κ2) is 6.51. The van der Waals surface area contributed by atoms with Crippen molar-refractivity contribution in [3.63, 3.8) is 0 Å². The number of hydrogen-bond acceptors (Lipinski definition) is 4. The lowest BCUT2D eigenvalue weighted by molar-refractivity contribution is 0.270. The smallest absolute Gasteiger partial charge is 0.242 e. The molecule has 114 valence electrons. The largest absolute Gasteiger partial charge is 0.396 e. The molecule has 0 saturated carbocycles. The molecule has 1 aromatic carbocycles. The quantitative estimate of drug-likeness (QED) is 0.855. The van der Waals surface area contributed by atoms with Gasteiger partial charge in [-0.15, -0.1) is 0 Å². The molecule has 0 aliphatic rings. The first-order valence-electron chi connectivity index (χ1n) is 6.96. The summed E-state index contributed by atoms with van der Waals surface area (Å²) in [5.74, 6) is 0. The van der Waals surface area contributed by atoms with Gasteiger partial charge in [-0.1, -0.05) is 19.1 Å². The molecule has 1 unspecified atom stereocenters. The maximum absolute atomic E-state index is 12.5. The molecular weight excluding hydrogens is 288 g/mol. The van der Waals surface area contributed by atoms with Gasteiger partial charge in [-0.25, -0.2) is 13.1 Å². The van der Waals surface area contributed by atoms with Gasteiger partial charge in [0.15, 0.2) is 0 Å². The summed E-state index contributed by atoms with van der Waals surface area (Å²) in [5.41, 5.74) is 1.45. The van der Waals surface area contributed by atoms with Crippen LogP contribution in [-0.4, -0.2) is 31.2 Å². The molecule has 0 fully saturated rings. The van der Waals surface area contributed by atoms with E-state index in [2.05, 4.69) is 9.71 Å². The summed E-state index contributed by atoms with van der Waals surface area (Å²) < 4.78 is 27.7. The molecule has 21 heavy (non-hydrogen) atoms. The van der Waals surface area contributed by atoms with Crippen LogP contribution in [0.3, 0.4) is 0 Å². The Hall–Kier alpha value is -1.50. The average molecular weight is 308 g/mol. The Morgan fingerprint density at radius 2 is 2.14 bits per heavy atom. The molecule has 1 heterocycles. The number of fused-ring (bicyclic) bond motifs is 1. The Kier molecular flexibility index (Phi) is 4.92. The van der Waals surface area contributed by atoms with Gasteiger partial charge in [0, 0.05) is 24.2 Å². The highest BCUT2D eigenvalue weighted by Crippen LogP contribution is 2.22. The zero-order chi connectivity index (χ0) is 15.5. The van der Waals surface area contributed by atoms with Crippen LogP contribution in [0.15, 0.2) is 35.4 Å². The molecule has 5 nitrogen and oxygen atoms in total. The lowest BCUT2D eigenvalue weighted by Gasteiger charge is -2.16. The molecule has 1 atom stereocenters. The highest BCUT2D eigenvalue weighted by Gasteiger charge is 2.21. The topological polar surface area (TPSA) is 79.3 Å². The third-order valence-corrected chi connectivity index (χ3v) is 4.94. The van der Waals surface area contributed by atoms with Gasteiger partial charge >= 0.3 is 0 Å². The third-order valence-electron chi connectivity index (χ3n) is 3.39. The van der Waals surface area contributed by atoms with Crippen molar-refractivity contribution in [1.82, 2.24) is 9.71 Å². The van der Waals surface area contributed by atoms with E-state index in [0.717, 1.165) is 10.9 Å². The predicted octanol–water partition coefficient (Wildman–Crippen LogP) is 1.98. The average Bonchev–Trinajstić information content (AvgIpc) is 2.45. The first-order chi connectivity index (χ1) is 9.97. The fourth-order valence-electron chi connectivity index (χ4n) is 2.24. The molecule has 0 spiro atoms. The molecule has 2 N–H and O–H groups in total. The zero-order valence-electron chi connectivity index (χ0n) is 12.2. The van der Waals surface area contributed by atoms with E-state index in [9.17, 15) is 8.42 Å². The highest BCUT2D eigenvalue weighted by molar-refractivity contribution is 7.89. The number of sulfonamides is 1. The monoisotopic (exact) mass is 308 g/mol. The standard InChI is InChI=1S/C15H20N2O3S/c1-3-13(7-8-18)17-21(19,20)14-6-4-5-12-9-11(2)10-16-15(12)14/h4-6,9-10,13,17-18H,3,7-8H2,1-2H3. The van der Waals surface area contributed by atoms with E-state index in [1.807, 2.05) is 26.0 Å². The van der Waals surface area contributed by atoms with Crippen molar-refractivity contribution in [2.75, 3.05) is 6.61 Å². The number of para-hydroxylation sites is 1. The van der Waals surface area contributed by atoms with Gasteiger partial charge in [0.2, 0.25) is 10.0 Å². The van der Waals surface area contributed by atoms with Crippen molar-refractivity contribution in [2.45, 2.75) is 37.6 Å². The summed E-state index contributed by atoms with van der Waals surface area (Å²) in [6, 6.07) is 6.75. The molecule has 6 heteroatoms. The van der Waals surface area contributed by atoms with Gasteiger partial charge in [-0.05, 0) is 37.5 Å². The van der Waals surface area contributed by atoms with Crippen molar-refractivity contribution >= 4 is 20.9 Å². The maximum Gasteiger partial charge on any atom is 0.242 e. The van der Waals surface area contributed by atoms with E-state index in [4.69, 9.17) is 5.11 Å². The summed E-state index contributed by atoms with van der Waals surface area (Å²) >= 11 is 0. The number of hydrogen-bond donors (Lipinski definition) is 2. The van der Waals surface area contributed by atoms with Gasteiger partial charge in [-0.2, -0.15) is 0 Å². The number of benzene rings is 1. The van der Waals surface area contributed by atoms with Crippen molar-refractivity contribution in [3.05, 3.63) is 36.0 Å². The van der Waals surface area contributed by atoms with Crippen LogP contribution < -0.4 is 4.72 Å². The summed E-state index contributed by atoms with van der Waals surface area (Å²) in [6.45, 7) is 3.75. The molecule has 2 rings (SSSR count). The zero-order valence-corrected chi connectivity index (χ0v) is 13.0. The van der Waals surface area contributed by atoms with Crippen LogP contribution >= 0.6 is 0 Å². The molecule has 0 saturated heterocycles. The van der Waals surface area contributed by atoms with Crippen molar-refractivity contribution < 1.29 is 13.5 Å². The maximum atomic E-state index is 12.5. The summed E-state index contributed by atoms with van der Waals surface area (Å²) in [6.07, 6.45) is 2.68. The van der Waals surface area contributed by atoms with Crippen LogP contribution in [0.2, 0.25) is 0 Å². The van der Waals surface area contributed by atoms with E-state index in [-0.39, 0.29) is 17.5 Å². The van der Waals surface area contributed by atoms with Crippen LogP contribution in [0, 0.1) is 6.92 Å². The summed E-state index contributed by atoms with van der Waals surface area (Å²) in [5, 5.41) is 9.79. The highest BCUT2D eigenvalue weighted by atomic mass is 32.2. The number of pyridine rings is 1. The Balaban J connectivity index is 2.45. The van der Waals surface area contributed by atoms with Crippen molar-refractivity contribution in [3.8, 4) is 0 Å². The van der Waals surface area contributed by atoms with Gasteiger partial charge in [-0.3, -0.25) is 4.98 Å². The Morgan fingerprint density at radius 1 is 1.38 bits per heavy atom. The van der Waals surface area contributed by atoms with Crippen LogP contribution in [-0.2, 0) is 10.0 Å². The fourth-order valence-corrected chi connectivity index (χ4v) is 3.78. The van der Waals surface area contributed by atoms with Gasteiger partial charge in [0.1, 0.15) is 4.90 Å².